The Bertz CT molecular complexity index is 1790. The summed E-state index contributed by atoms with van der Waals surface area (Å²) in [4.78, 5) is 39.1. The number of ketones is 1. The molecule has 0 fully saturated rings. The van der Waals surface area contributed by atoms with Crippen LogP contribution in [0.5, 0.6) is 0 Å². The minimum atomic E-state index is -0.835. The SMILES string of the molecule is CCc1cc(C(=O)c2ccccc2Cl)c(-n2c(C)nnc2CNC(=O)c2cc3ccccc3n2CCCCC(=O)O)s1. The van der Waals surface area contributed by atoms with E-state index in [0.29, 0.717) is 57.9 Å². The van der Waals surface area contributed by atoms with Crippen molar-refractivity contribution in [3.63, 3.8) is 0 Å². The predicted molar refractivity (Wildman–Crippen MR) is 163 cm³/mol. The third-order valence-corrected chi connectivity index (χ3v) is 8.64. The average molecular weight is 604 g/mol. The van der Waals surface area contributed by atoms with Crippen LogP contribution in [0.15, 0.2) is 60.7 Å². The third kappa shape index (κ3) is 6.00. The maximum atomic E-state index is 13.6. The van der Waals surface area contributed by atoms with Gasteiger partial charge in [-0.15, -0.1) is 21.5 Å². The minimum Gasteiger partial charge on any atom is -0.481 e. The zero-order valence-corrected chi connectivity index (χ0v) is 24.8. The zero-order chi connectivity index (χ0) is 29.8. The number of carboxylic acids is 1. The van der Waals surface area contributed by atoms with E-state index in [1.165, 1.54) is 11.3 Å². The lowest BCUT2D eigenvalue weighted by molar-refractivity contribution is -0.137. The summed E-state index contributed by atoms with van der Waals surface area (Å²) in [5.41, 5.74) is 2.30. The number of rotatable bonds is 12. The Hall–Kier alpha value is -4.28. The summed E-state index contributed by atoms with van der Waals surface area (Å²) in [5, 5.41) is 22.6. The summed E-state index contributed by atoms with van der Waals surface area (Å²) in [6.45, 7) is 4.43. The number of nitrogens with zero attached hydrogens (tertiary/aromatic N) is 4. The fourth-order valence-electron chi connectivity index (χ4n) is 4.95. The molecule has 1 amide bonds. The number of para-hydroxylation sites is 1. The highest BCUT2D eigenvalue weighted by molar-refractivity contribution is 7.15. The number of hydrogen-bond donors (Lipinski definition) is 2. The lowest BCUT2D eigenvalue weighted by Crippen LogP contribution is -2.27. The summed E-state index contributed by atoms with van der Waals surface area (Å²) in [7, 11) is 0. The smallest absolute Gasteiger partial charge is 0.303 e. The maximum Gasteiger partial charge on any atom is 0.303 e. The van der Waals surface area contributed by atoms with Crippen molar-refractivity contribution >= 4 is 51.5 Å². The molecule has 0 aliphatic heterocycles. The number of carboxylic acid groups (broad SMARTS) is 1. The molecule has 42 heavy (non-hydrogen) atoms. The fourth-order valence-corrected chi connectivity index (χ4v) is 6.33. The lowest BCUT2D eigenvalue weighted by Gasteiger charge is -2.12. The van der Waals surface area contributed by atoms with Gasteiger partial charge in [-0.1, -0.05) is 48.9 Å². The van der Waals surface area contributed by atoms with Gasteiger partial charge < -0.3 is 15.0 Å². The standard InChI is InChI=1S/C31H30ClN5O4S/c1-3-21-17-23(29(40)22-11-5-6-12-24(22)32)31(42-21)37-19(2)34-35-27(37)18-33-30(41)26-16-20-10-4-7-13-25(20)36(26)15-9-8-14-28(38)39/h4-7,10-13,16-17H,3,8-9,14-15,18H2,1-2H3,(H,33,41)(H,38,39). The van der Waals surface area contributed by atoms with Crippen molar-refractivity contribution in [3.8, 4) is 5.00 Å². The van der Waals surface area contributed by atoms with Gasteiger partial charge in [0.15, 0.2) is 11.6 Å². The minimum absolute atomic E-state index is 0.0825. The number of aromatic nitrogens is 4. The van der Waals surface area contributed by atoms with E-state index in [0.717, 1.165) is 22.2 Å². The van der Waals surface area contributed by atoms with Crippen molar-refractivity contribution in [2.75, 3.05) is 0 Å². The van der Waals surface area contributed by atoms with Crippen LogP contribution in [0.1, 0.15) is 69.1 Å². The van der Waals surface area contributed by atoms with E-state index in [4.69, 9.17) is 16.7 Å². The van der Waals surface area contributed by atoms with E-state index < -0.39 is 5.97 Å². The molecule has 0 aliphatic rings. The number of halogens is 1. The molecule has 0 saturated carbocycles. The maximum absolute atomic E-state index is 13.6. The predicted octanol–water partition coefficient (Wildman–Crippen LogP) is 6.22. The van der Waals surface area contributed by atoms with Gasteiger partial charge in [0.05, 0.1) is 17.1 Å². The van der Waals surface area contributed by atoms with Crippen molar-refractivity contribution in [3.05, 3.63) is 99.0 Å². The molecule has 216 valence electrons. The van der Waals surface area contributed by atoms with E-state index in [-0.39, 0.29) is 24.7 Å². The van der Waals surface area contributed by atoms with Crippen LogP contribution in [0.25, 0.3) is 15.9 Å². The highest BCUT2D eigenvalue weighted by Gasteiger charge is 2.24. The van der Waals surface area contributed by atoms with E-state index in [1.54, 1.807) is 24.3 Å². The lowest BCUT2D eigenvalue weighted by atomic mass is 10.0. The normalized spacial score (nSPS) is 11.2. The number of unbranched alkanes of at least 4 members (excludes halogenated alkanes) is 1. The second-order valence-electron chi connectivity index (χ2n) is 9.87. The van der Waals surface area contributed by atoms with E-state index in [2.05, 4.69) is 15.5 Å². The van der Waals surface area contributed by atoms with Crippen LogP contribution >= 0.6 is 22.9 Å². The van der Waals surface area contributed by atoms with Gasteiger partial charge >= 0.3 is 5.97 Å². The van der Waals surface area contributed by atoms with Gasteiger partial charge in [0.2, 0.25) is 0 Å². The van der Waals surface area contributed by atoms with E-state index in [1.807, 2.05) is 59.4 Å². The molecule has 2 N–H and O–H groups in total. The third-order valence-electron chi connectivity index (χ3n) is 7.04. The topological polar surface area (TPSA) is 119 Å². The summed E-state index contributed by atoms with van der Waals surface area (Å²) in [5.74, 6) is -0.239. The Morgan fingerprint density at radius 1 is 1.00 bits per heavy atom. The van der Waals surface area contributed by atoms with Crippen LogP contribution in [0.3, 0.4) is 0 Å². The first kappa shape index (κ1) is 29.2. The largest absolute Gasteiger partial charge is 0.481 e. The molecule has 0 spiro atoms. The number of amides is 1. The Morgan fingerprint density at radius 2 is 1.76 bits per heavy atom. The van der Waals surface area contributed by atoms with Gasteiger partial charge in [0, 0.05) is 34.3 Å². The van der Waals surface area contributed by atoms with Gasteiger partial charge in [-0.25, -0.2) is 0 Å². The van der Waals surface area contributed by atoms with Gasteiger partial charge in [0.1, 0.15) is 16.5 Å². The summed E-state index contributed by atoms with van der Waals surface area (Å²) in [6.07, 6.45) is 1.97. The first-order valence-corrected chi connectivity index (χ1v) is 14.9. The molecule has 0 atom stereocenters. The number of hydrogen-bond acceptors (Lipinski definition) is 6. The van der Waals surface area contributed by atoms with Crippen molar-refractivity contribution in [2.45, 2.75) is 52.6 Å². The molecule has 5 rings (SSSR count). The molecular formula is C31H30ClN5O4S. The van der Waals surface area contributed by atoms with Gasteiger partial charge in [-0.2, -0.15) is 0 Å². The number of aryl methyl sites for hydroxylation is 3. The second kappa shape index (κ2) is 12.7. The first-order chi connectivity index (χ1) is 20.3. The molecule has 2 aromatic carbocycles. The zero-order valence-electron chi connectivity index (χ0n) is 23.3. The number of thiophene rings is 1. The number of nitrogens with one attached hydrogen (secondary N) is 1. The number of benzene rings is 2. The number of aliphatic carboxylic acids is 1. The van der Waals surface area contributed by atoms with Crippen molar-refractivity contribution < 1.29 is 19.5 Å². The van der Waals surface area contributed by atoms with Crippen LogP contribution < -0.4 is 5.32 Å². The summed E-state index contributed by atoms with van der Waals surface area (Å²) in [6, 6.07) is 18.4. The van der Waals surface area contributed by atoms with Crippen LogP contribution in [0.4, 0.5) is 0 Å². The van der Waals surface area contributed by atoms with Gasteiger partial charge in [0.25, 0.3) is 5.91 Å². The van der Waals surface area contributed by atoms with Crippen LogP contribution in [0.2, 0.25) is 5.02 Å². The Labute approximate surface area is 251 Å². The van der Waals surface area contributed by atoms with Crippen LogP contribution in [0, 0.1) is 6.92 Å². The monoisotopic (exact) mass is 603 g/mol. The summed E-state index contributed by atoms with van der Waals surface area (Å²) >= 11 is 7.85. The van der Waals surface area contributed by atoms with Crippen molar-refractivity contribution in [1.82, 2.24) is 24.6 Å². The van der Waals surface area contributed by atoms with E-state index >= 15 is 0 Å². The molecule has 0 saturated heterocycles. The molecule has 3 aromatic heterocycles. The van der Waals surface area contributed by atoms with Crippen LogP contribution in [-0.2, 0) is 24.3 Å². The molecule has 9 nitrogen and oxygen atoms in total. The van der Waals surface area contributed by atoms with E-state index in [9.17, 15) is 14.4 Å². The highest BCUT2D eigenvalue weighted by atomic mass is 35.5. The molecule has 11 heteroatoms. The molecular weight excluding hydrogens is 574 g/mol. The average Bonchev–Trinajstić information content (AvgIpc) is 3.68. The Kier molecular flexibility index (Phi) is 8.84. The molecule has 3 heterocycles. The molecule has 0 unspecified atom stereocenters. The Balaban J connectivity index is 1.42. The molecule has 0 radical (unpaired) electrons. The van der Waals surface area contributed by atoms with Gasteiger partial charge in [-0.05, 0) is 56.5 Å². The summed E-state index contributed by atoms with van der Waals surface area (Å²) < 4.78 is 3.74. The molecule has 0 bridgehead atoms. The molecule has 5 aromatic rings. The fraction of sp³-hybridized carbons (Fsp3) is 0.258. The second-order valence-corrected chi connectivity index (χ2v) is 11.4. The number of carbonyl (C=O) groups is 3. The van der Waals surface area contributed by atoms with Crippen LogP contribution in [-0.4, -0.2) is 42.1 Å². The van der Waals surface area contributed by atoms with Crippen molar-refractivity contribution in [2.24, 2.45) is 0 Å². The number of carbonyl (C=O) groups excluding carboxylic acids is 2. The number of fused-ring (bicyclic) bond motifs is 1. The molecule has 0 aliphatic carbocycles. The first-order valence-electron chi connectivity index (χ1n) is 13.7. The van der Waals surface area contributed by atoms with Crippen molar-refractivity contribution in [1.29, 1.82) is 0 Å². The quantitative estimate of drug-likeness (QED) is 0.129. The van der Waals surface area contributed by atoms with Gasteiger partial charge in [-0.3, -0.25) is 19.0 Å². The Morgan fingerprint density at radius 3 is 2.52 bits per heavy atom. The highest BCUT2D eigenvalue weighted by Crippen LogP contribution is 2.32.